The van der Waals surface area contributed by atoms with E-state index < -0.39 is 0 Å². The van der Waals surface area contributed by atoms with Gasteiger partial charge in [0, 0.05) is 11.3 Å². The van der Waals surface area contributed by atoms with Crippen molar-refractivity contribution in [2.24, 2.45) is 10.2 Å². The summed E-state index contributed by atoms with van der Waals surface area (Å²) in [6.45, 7) is 1.97. The van der Waals surface area contributed by atoms with Crippen LogP contribution in [0.15, 0.2) is 125 Å². The second-order valence-electron chi connectivity index (χ2n) is 6.93. The predicted octanol–water partition coefficient (Wildman–Crippen LogP) is 6.64. The van der Waals surface area contributed by atoms with Crippen molar-refractivity contribution in [2.45, 2.75) is 6.92 Å². The molecule has 0 aliphatic rings. The molecule has 0 saturated carbocycles. The van der Waals surface area contributed by atoms with E-state index in [0.29, 0.717) is 5.84 Å². The molecule has 0 spiro atoms. The largest absolute Gasteiger partial charge is 0.338 e. The van der Waals surface area contributed by atoms with E-state index in [4.69, 9.17) is 0 Å². The minimum Gasteiger partial charge on any atom is -0.338 e. The summed E-state index contributed by atoms with van der Waals surface area (Å²) in [5.41, 5.74) is 6.22. The first-order valence-electron chi connectivity index (χ1n) is 9.95. The fourth-order valence-electron chi connectivity index (χ4n) is 3.13. The molecule has 0 atom stereocenters. The minimum atomic E-state index is 0.705. The number of hydrogen-bond donors (Lipinski definition) is 1. The topological polar surface area (TPSA) is 36.8 Å². The van der Waals surface area contributed by atoms with Gasteiger partial charge >= 0.3 is 0 Å². The fourth-order valence-corrected chi connectivity index (χ4v) is 3.13. The van der Waals surface area contributed by atoms with Crippen LogP contribution < -0.4 is 5.32 Å². The Labute approximate surface area is 177 Å². The van der Waals surface area contributed by atoms with E-state index in [1.807, 2.05) is 85.8 Å². The van der Waals surface area contributed by atoms with Crippen LogP contribution in [-0.4, -0.2) is 11.5 Å². The highest BCUT2D eigenvalue weighted by Crippen LogP contribution is 2.20. The van der Waals surface area contributed by atoms with Gasteiger partial charge in [-0.05, 0) is 35.7 Å². The number of anilines is 1. The van der Waals surface area contributed by atoms with E-state index in [0.717, 1.165) is 22.5 Å². The summed E-state index contributed by atoms with van der Waals surface area (Å²) in [5.74, 6) is 0.705. The lowest BCUT2D eigenvalue weighted by Gasteiger charge is -2.10. The monoisotopic (exact) mass is 389 g/mol. The highest BCUT2D eigenvalue weighted by Gasteiger charge is 2.06. The first-order chi connectivity index (χ1) is 14.8. The molecule has 3 heteroatoms. The van der Waals surface area contributed by atoms with Gasteiger partial charge in [-0.2, -0.15) is 5.10 Å². The van der Waals surface area contributed by atoms with Crippen molar-refractivity contribution < 1.29 is 0 Å². The van der Waals surface area contributed by atoms with E-state index in [1.54, 1.807) is 0 Å². The summed E-state index contributed by atoms with van der Waals surface area (Å²) in [7, 11) is 0. The standard InChI is InChI=1S/C27H23N3/c1-21(22-11-5-2-6-12-22)29-30-27(28-26-15-9-4-10-16-26)25-19-17-24(18-20-25)23-13-7-3-8-14-23/h2-20H,1H3,(H,28,30)/b29-21+. The first kappa shape index (κ1) is 19.3. The van der Waals surface area contributed by atoms with Crippen molar-refractivity contribution in [3.63, 3.8) is 0 Å². The molecular formula is C27H23N3. The molecule has 0 aliphatic heterocycles. The van der Waals surface area contributed by atoms with Crippen molar-refractivity contribution in [2.75, 3.05) is 5.32 Å². The van der Waals surface area contributed by atoms with Gasteiger partial charge < -0.3 is 5.32 Å². The van der Waals surface area contributed by atoms with Gasteiger partial charge in [0.2, 0.25) is 0 Å². The Morgan fingerprint density at radius 1 is 0.533 bits per heavy atom. The van der Waals surface area contributed by atoms with Crippen LogP contribution in [0.1, 0.15) is 18.1 Å². The molecule has 0 radical (unpaired) electrons. The van der Waals surface area contributed by atoms with Crippen LogP contribution >= 0.6 is 0 Å². The van der Waals surface area contributed by atoms with Crippen molar-refractivity contribution >= 4 is 17.2 Å². The number of benzene rings is 4. The normalized spacial score (nSPS) is 11.9. The average Bonchev–Trinajstić information content (AvgIpc) is 2.83. The molecule has 0 aromatic heterocycles. The molecule has 4 aromatic carbocycles. The van der Waals surface area contributed by atoms with Crippen LogP contribution in [0.25, 0.3) is 11.1 Å². The molecule has 0 aliphatic carbocycles. The quantitative estimate of drug-likeness (QED) is 0.232. The van der Waals surface area contributed by atoms with Crippen LogP contribution in [0, 0.1) is 0 Å². The number of hydrogen-bond acceptors (Lipinski definition) is 2. The smallest absolute Gasteiger partial charge is 0.160 e. The van der Waals surface area contributed by atoms with E-state index >= 15 is 0 Å². The van der Waals surface area contributed by atoms with Gasteiger partial charge in [-0.1, -0.05) is 103 Å². The lowest BCUT2D eigenvalue weighted by atomic mass is 10.0. The Balaban J connectivity index is 1.66. The van der Waals surface area contributed by atoms with Gasteiger partial charge in [0.05, 0.1) is 5.71 Å². The van der Waals surface area contributed by atoms with Crippen molar-refractivity contribution in [1.29, 1.82) is 0 Å². The van der Waals surface area contributed by atoms with E-state index in [1.165, 1.54) is 11.1 Å². The Hall–Kier alpha value is -3.98. The van der Waals surface area contributed by atoms with Gasteiger partial charge in [-0.15, -0.1) is 5.10 Å². The Morgan fingerprint density at radius 3 is 1.70 bits per heavy atom. The van der Waals surface area contributed by atoms with Crippen LogP contribution in [0.3, 0.4) is 0 Å². The van der Waals surface area contributed by atoms with Gasteiger partial charge in [0.15, 0.2) is 5.84 Å². The number of nitrogens with zero attached hydrogens (tertiary/aromatic N) is 2. The van der Waals surface area contributed by atoms with Gasteiger partial charge in [0.1, 0.15) is 0 Å². The lowest BCUT2D eigenvalue weighted by Crippen LogP contribution is -2.13. The van der Waals surface area contributed by atoms with Gasteiger partial charge in [-0.25, -0.2) is 0 Å². The summed E-state index contributed by atoms with van der Waals surface area (Å²) in [6, 6.07) is 38.8. The van der Waals surface area contributed by atoms with Crippen LogP contribution in [0.4, 0.5) is 5.69 Å². The Bertz CT molecular complexity index is 1130. The zero-order valence-corrected chi connectivity index (χ0v) is 16.9. The highest BCUT2D eigenvalue weighted by molar-refractivity contribution is 6.09. The average molecular weight is 390 g/mol. The zero-order chi connectivity index (χ0) is 20.6. The van der Waals surface area contributed by atoms with Crippen molar-refractivity contribution in [1.82, 2.24) is 0 Å². The molecule has 1 N–H and O–H groups in total. The number of para-hydroxylation sites is 1. The number of nitrogens with one attached hydrogen (secondary N) is 1. The molecule has 3 nitrogen and oxygen atoms in total. The summed E-state index contributed by atoms with van der Waals surface area (Å²) in [5, 5.41) is 12.5. The summed E-state index contributed by atoms with van der Waals surface area (Å²) >= 11 is 0. The number of amidine groups is 1. The molecule has 0 bridgehead atoms. The zero-order valence-electron chi connectivity index (χ0n) is 16.9. The maximum Gasteiger partial charge on any atom is 0.160 e. The SMILES string of the molecule is C/C(=N\N=C(/Nc1ccccc1)c1ccc(-c2ccccc2)cc1)c1ccccc1. The summed E-state index contributed by atoms with van der Waals surface area (Å²) in [6.07, 6.45) is 0. The van der Waals surface area contributed by atoms with Crippen molar-refractivity contribution in [3.8, 4) is 11.1 Å². The predicted molar refractivity (Wildman–Crippen MR) is 127 cm³/mol. The molecule has 146 valence electrons. The highest BCUT2D eigenvalue weighted by atomic mass is 15.3. The molecule has 0 saturated heterocycles. The molecule has 4 rings (SSSR count). The molecule has 30 heavy (non-hydrogen) atoms. The molecule has 0 fully saturated rings. The first-order valence-corrected chi connectivity index (χ1v) is 9.95. The third-order valence-electron chi connectivity index (χ3n) is 4.79. The molecule has 0 unspecified atom stereocenters. The van der Waals surface area contributed by atoms with Crippen LogP contribution in [0.5, 0.6) is 0 Å². The summed E-state index contributed by atoms with van der Waals surface area (Å²) in [4.78, 5) is 0. The Morgan fingerprint density at radius 2 is 1.07 bits per heavy atom. The number of rotatable bonds is 5. The van der Waals surface area contributed by atoms with E-state index in [-0.39, 0.29) is 0 Å². The van der Waals surface area contributed by atoms with Crippen molar-refractivity contribution in [3.05, 3.63) is 126 Å². The molecule has 0 amide bonds. The molecular weight excluding hydrogens is 366 g/mol. The Kier molecular flexibility index (Phi) is 6.11. The maximum absolute atomic E-state index is 4.56. The van der Waals surface area contributed by atoms with Gasteiger partial charge in [0.25, 0.3) is 0 Å². The van der Waals surface area contributed by atoms with Crippen LogP contribution in [-0.2, 0) is 0 Å². The second-order valence-corrected chi connectivity index (χ2v) is 6.93. The minimum absolute atomic E-state index is 0.705. The molecule has 0 heterocycles. The molecule has 4 aromatic rings. The maximum atomic E-state index is 4.56. The van der Waals surface area contributed by atoms with E-state index in [9.17, 15) is 0 Å². The van der Waals surface area contributed by atoms with Gasteiger partial charge in [-0.3, -0.25) is 0 Å². The fraction of sp³-hybridized carbons (Fsp3) is 0.0370. The summed E-state index contributed by atoms with van der Waals surface area (Å²) < 4.78 is 0. The second kappa shape index (κ2) is 9.48. The van der Waals surface area contributed by atoms with E-state index in [2.05, 4.69) is 51.9 Å². The van der Waals surface area contributed by atoms with Crippen LogP contribution in [0.2, 0.25) is 0 Å². The third-order valence-corrected chi connectivity index (χ3v) is 4.79. The lowest BCUT2D eigenvalue weighted by molar-refractivity contribution is 1.22. The third kappa shape index (κ3) is 4.89.